The number of H-pyrrole nitrogens is 1. The number of hydrogen-bond donors (Lipinski definition) is 3. The first-order valence-corrected chi connectivity index (χ1v) is 10.9. The zero-order valence-electron chi connectivity index (χ0n) is 18.1. The number of para-hydroxylation sites is 1. The van der Waals surface area contributed by atoms with Crippen LogP contribution in [0.1, 0.15) is 24.0 Å². The van der Waals surface area contributed by atoms with Crippen molar-refractivity contribution < 1.29 is 14.0 Å². The van der Waals surface area contributed by atoms with E-state index in [4.69, 9.17) is 0 Å². The number of amides is 2. The molecule has 33 heavy (non-hydrogen) atoms. The zero-order valence-corrected chi connectivity index (χ0v) is 18.1. The number of fused-ring (bicyclic) bond motifs is 1. The molecule has 0 unspecified atom stereocenters. The molecule has 0 aliphatic heterocycles. The van der Waals surface area contributed by atoms with Gasteiger partial charge in [-0.05, 0) is 65.6 Å². The Bertz CT molecular complexity index is 1240. The van der Waals surface area contributed by atoms with E-state index in [9.17, 15) is 14.0 Å². The highest BCUT2D eigenvalue weighted by Gasteiger charge is 2.14. The summed E-state index contributed by atoms with van der Waals surface area (Å²) in [5.41, 5.74) is 4.71. The number of pyridine rings is 1. The quantitative estimate of drug-likeness (QED) is 0.363. The molecular weight excluding hydrogens is 419 g/mol. The van der Waals surface area contributed by atoms with Gasteiger partial charge in [0.1, 0.15) is 5.82 Å². The second kappa shape index (κ2) is 10.5. The molecular formula is C26H25FN4O2. The van der Waals surface area contributed by atoms with E-state index in [1.54, 1.807) is 24.5 Å². The Morgan fingerprint density at radius 3 is 2.39 bits per heavy atom. The number of nitrogens with zero attached hydrogens (tertiary/aromatic N) is 1. The molecule has 0 saturated carbocycles. The summed E-state index contributed by atoms with van der Waals surface area (Å²) in [6.07, 6.45) is 4.38. The van der Waals surface area contributed by atoms with Gasteiger partial charge in [0, 0.05) is 54.9 Å². The lowest BCUT2D eigenvalue weighted by Crippen LogP contribution is -2.30. The Morgan fingerprint density at radius 1 is 0.879 bits per heavy atom. The van der Waals surface area contributed by atoms with Crippen LogP contribution in [0.15, 0.2) is 73.1 Å². The first kappa shape index (κ1) is 22.2. The molecule has 4 rings (SSSR count). The number of carbonyl (C=O) groups excluding carboxylic acids is 2. The van der Waals surface area contributed by atoms with Crippen molar-refractivity contribution in [1.29, 1.82) is 0 Å². The molecule has 2 amide bonds. The van der Waals surface area contributed by atoms with Crippen molar-refractivity contribution >= 4 is 22.7 Å². The molecule has 0 atom stereocenters. The van der Waals surface area contributed by atoms with E-state index in [0.29, 0.717) is 13.0 Å². The molecule has 0 fully saturated rings. The highest BCUT2D eigenvalue weighted by atomic mass is 19.1. The van der Waals surface area contributed by atoms with E-state index in [2.05, 4.69) is 20.6 Å². The maximum absolute atomic E-state index is 13.4. The van der Waals surface area contributed by atoms with Crippen LogP contribution in [0.5, 0.6) is 0 Å². The fourth-order valence-corrected chi connectivity index (χ4v) is 3.75. The highest BCUT2D eigenvalue weighted by Crippen LogP contribution is 2.31. The van der Waals surface area contributed by atoms with Crippen LogP contribution in [0.2, 0.25) is 0 Å². The van der Waals surface area contributed by atoms with Crippen LogP contribution in [0, 0.1) is 5.82 Å². The topological polar surface area (TPSA) is 86.9 Å². The standard InChI is InChI=1S/C26H25FN4O2/c27-20-7-5-19(6-8-20)26-22(21-3-1-2-4-23(21)31-26)9-10-24(32)29-16-13-25(33)30-17-18-11-14-28-15-12-18/h1-8,11-12,14-15,31H,9-10,13,16-17H2,(H,29,32)(H,30,33). The second-order valence-corrected chi connectivity index (χ2v) is 7.76. The molecule has 0 aliphatic rings. The normalized spacial score (nSPS) is 10.8. The Balaban J connectivity index is 1.31. The number of aromatic amines is 1. The number of halogens is 1. The summed E-state index contributed by atoms with van der Waals surface area (Å²) in [6, 6.07) is 17.9. The lowest BCUT2D eigenvalue weighted by Gasteiger charge is -2.08. The number of aryl methyl sites for hydroxylation is 1. The molecule has 7 heteroatoms. The summed E-state index contributed by atoms with van der Waals surface area (Å²) in [5.74, 6) is -0.532. The number of hydrogen-bond acceptors (Lipinski definition) is 3. The first-order chi connectivity index (χ1) is 16.1. The molecule has 2 aromatic carbocycles. The molecule has 2 aromatic heterocycles. The van der Waals surface area contributed by atoms with Crippen molar-refractivity contribution in [2.24, 2.45) is 0 Å². The van der Waals surface area contributed by atoms with Crippen LogP contribution < -0.4 is 10.6 Å². The van der Waals surface area contributed by atoms with Crippen LogP contribution in [-0.4, -0.2) is 28.3 Å². The van der Waals surface area contributed by atoms with Gasteiger partial charge in [-0.3, -0.25) is 14.6 Å². The molecule has 6 nitrogen and oxygen atoms in total. The van der Waals surface area contributed by atoms with Crippen molar-refractivity contribution in [3.8, 4) is 11.3 Å². The smallest absolute Gasteiger partial charge is 0.222 e. The first-order valence-electron chi connectivity index (χ1n) is 10.9. The fraction of sp³-hybridized carbons (Fsp3) is 0.192. The summed E-state index contributed by atoms with van der Waals surface area (Å²) in [7, 11) is 0. The molecule has 168 valence electrons. The van der Waals surface area contributed by atoms with Gasteiger partial charge in [0.05, 0.1) is 0 Å². The Kier molecular flexibility index (Phi) is 7.09. The molecule has 0 radical (unpaired) electrons. The van der Waals surface area contributed by atoms with E-state index in [0.717, 1.165) is 33.3 Å². The van der Waals surface area contributed by atoms with Crippen LogP contribution in [0.3, 0.4) is 0 Å². The third-order valence-electron chi connectivity index (χ3n) is 5.46. The fourth-order valence-electron chi connectivity index (χ4n) is 3.75. The lowest BCUT2D eigenvalue weighted by atomic mass is 10.0. The number of rotatable bonds is 9. The Morgan fingerprint density at radius 2 is 1.61 bits per heavy atom. The predicted molar refractivity (Wildman–Crippen MR) is 126 cm³/mol. The van der Waals surface area contributed by atoms with Gasteiger partial charge in [-0.2, -0.15) is 0 Å². The lowest BCUT2D eigenvalue weighted by molar-refractivity contribution is -0.122. The van der Waals surface area contributed by atoms with Crippen molar-refractivity contribution in [3.63, 3.8) is 0 Å². The van der Waals surface area contributed by atoms with Gasteiger partial charge < -0.3 is 15.6 Å². The van der Waals surface area contributed by atoms with Gasteiger partial charge in [0.2, 0.25) is 11.8 Å². The minimum absolute atomic E-state index is 0.118. The molecule has 0 aliphatic carbocycles. The largest absolute Gasteiger partial charge is 0.356 e. The van der Waals surface area contributed by atoms with E-state index >= 15 is 0 Å². The van der Waals surface area contributed by atoms with E-state index in [1.165, 1.54) is 12.1 Å². The van der Waals surface area contributed by atoms with Gasteiger partial charge in [0.25, 0.3) is 0 Å². The number of aromatic nitrogens is 2. The van der Waals surface area contributed by atoms with E-state index in [1.807, 2.05) is 36.4 Å². The molecule has 0 bridgehead atoms. The molecule has 3 N–H and O–H groups in total. The van der Waals surface area contributed by atoms with Crippen LogP contribution in [-0.2, 0) is 22.6 Å². The minimum atomic E-state index is -0.291. The van der Waals surface area contributed by atoms with Crippen molar-refractivity contribution in [2.45, 2.75) is 25.8 Å². The van der Waals surface area contributed by atoms with Crippen molar-refractivity contribution in [2.75, 3.05) is 6.54 Å². The maximum atomic E-state index is 13.4. The van der Waals surface area contributed by atoms with Crippen molar-refractivity contribution in [3.05, 3.63) is 90.0 Å². The Hall–Kier alpha value is -4.00. The van der Waals surface area contributed by atoms with Gasteiger partial charge in [0.15, 0.2) is 0 Å². The summed E-state index contributed by atoms with van der Waals surface area (Å²) in [5, 5.41) is 6.69. The molecule has 0 spiro atoms. The van der Waals surface area contributed by atoms with Crippen LogP contribution >= 0.6 is 0 Å². The van der Waals surface area contributed by atoms with Gasteiger partial charge in [-0.15, -0.1) is 0 Å². The Labute approximate surface area is 191 Å². The van der Waals surface area contributed by atoms with Gasteiger partial charge in [-0.1, -0.05) is 18.2 Å². The van der Waals surface area contributed by atoms with Crippen LogP contribution in [0.25, 0.3) is 22.2 Å². The number of carbonyl (C=O) groups is 2. The monoisotopic (exact) mass is 444 g/mol. The van der Waals surface area contributed by atoms with Crippen molar-refractivity contribution in [1.82, 2.24) is 20.6 Å². The average Bonchev–Trinajstić information content (AvgIpc) is 3.21. The SMILES string of the molecule is O=C(CCc1c(-c2ccc(F)cc2)[nH]c2ccccc12)NCCC(=O)NCc1ccncc1. The summed E-state index contributed by atoms with van der Waals surface area (Å²) >= 11 is 0. The average molecular weight is 445 g/mol. The van der Waals surface area contributed by atoms with Crippen LogP contribution in [0.4, 0.5) is 4.39 Å². The summed E-state index contributed by atoms with van der Waals surface area (Å²) in [4.78, 5) is 31.8. The summed E-state index contributed by atoms with van der Waals surface area (Å²) < 4.78 is 13.4. The molecule has 2 heterocycles. The molecule has 0 saturated heterocycles. The predicted octanol–water partition coefficient (Wildman–Crippen LogP) is 4.12. The zero-order chi connectivity index (χ0) is 23.0. The third kappa shape index (κ3) is 5.83. The van der Waals surface area contributed by atoms with E-state index < -0.39 is 0 Å². The maximum Gasteiger partial charge on any atom is 0.222 e. The number of benzene rings is 2. The second-order valence-electron chi connectivity index (χ2n) is 7.76. The summed E-state index contributed by atoms with van der Waals surface area (Å²) in [6.45, 7) is 0.710. The minimum Gasteiger partial charge on any atom is -0.356 e. The van der Waals surface area contributed by atoms with Gasteiger partial charge in [-0.25, -0.2) is 4.39 Å². The van der Waals surface area contributed by atoms with Gasteiger partial charge >= 0.3 is 0 Å². The third-order valence-corrected chi connectivity index (χ3v) is 5.46. The highest BCUT2D eigenvalue weighted by molar-refractivity contribution is 5.91. The number of nitrogens with one attached hydrogen (secondary N) is 3. The van der Waals surface area contributed by atoms with E-state index in [-0.39, 0.29) is 37.0 Å². The molecule has 4 aromatic rings.